The van der Waals surface area contributed by atoms with Gasteiger partial charge in [0.15, 0.2) is 0 Å². The van der Waals surface area contributed by atoms with Crippen molar-refractivity contribution >= 4 is 0 Å². The minimum atomic E-state index is 0.686. The number of hydrogen-bond donors (Lipinski definition) is 0. The summed E-state index contributed by atoms with van der Waals surface area (Å²) >= 11 is 0. The number of unbranched alkanes of at least 4 members (excludes halogenated alkanes) is 22. The van der Waals surface area contributed by atoms with Crippen LogP contribution >= 0.6 is 0 Å². The number of hydrogen-bond acceptors (Lipinski definition) is 0. The van der Waals surface area contributed by atoms with E-state index in [0.29, 0.717) is 5.92 Å². The molecule has 0 fully saturated rings. The fraction of sp³-hybridized carbons (Fsp3) is 0.969. The predicted molar refractivity (Wildman–Crippen MR) is 149 cm³/mol. The van der Waals surface area contributed by atoms with Gasteiger partial charge in [0.1, 0.15) is 0 Å². The maximum Gasteiger partial charge on any atom is -0.0388 e. The summed E-state index contributed by atoms with van der Waals surface area (Å²) in [6.07, 6.45) is 37.6. The second kappa shape index (κ2) is 27.2. The summed E-state index contributed by atoms with van der Waals surface area (Å²) in [4.78, 5) is 0. The first-order valence-corrected chi connectivity index (χ1v) is 15.5. The Bertz CT molecular complexity index is 320. The van der Waals surface area contributed by atoms with Crippen molar-refractivity contribution in [2.45, 2.75) is 188 Å². The molecule has 0 heterocycles. The molecule has 2 unspecified atom stereocenters. The lowest BCUT2D eigenvalue weighted by Crippen LogP contribution is -2.08. The molecule has 193 valence electrons. The first kappa shape index (κ1) is 32.0. The first-order chi connectivity index (χ1) is 15.7. The van der Waals surface area contributed by atoms with Gasteiger partial charge >= 0.3 is 0 Å². The summed E-state index contributed by atoms with van der Waals surface area (Å²) in [5, 5.41) is 0. The molecule has 2 atom stereocenters. The van der Waals surface area contributed by atoms with Crippen molar-refractivity contribution in [3.05, 3.63) is 6.92 Å². The van der Waals surface area contributed by atoms with Crippen LogP contribution < -0.4 is 0 Å². The van der Waals surface area contributed by atoms with E-state index in [2.05, 4.69) is 27.7 Å². The zero-order valence-corrected chi connectivity index (χ0v) is 23.2. The van der Waals surface area contributed by atoms with Gasteiger partial charge in [0.05, 0.1) is 0 Å². The van der Waals surface area contributed by atoms with E-state index in [0.717, 1.165) is 5.92 Å². The Balaban J connectivity index is 3.28. The summed E-state index contributed by atoms with van der Waals surface area (Å²) in [5.74, 6) is 1.51. The first-order valence-electron chi connectivity index (χ1n) is 15.5. The average Bonchev–Trinajstić information content (AvgIpc) is 2.80. The van der Waals surface area contributed by atoms with Crippen LogP contribution in [0.15, 0.2) is 0 Å². The molecule has 0 aliphatic heterocycles. The smallest absolute Gasteiger partial charge is 0.0388 e. The van der Waals surface area contributed by atoms with E-state index < -0.39 is 0 Å². The molecule has 0 bridgehead atoms. The molecule has 1 radical (unpaired) electrons. The zero-order valence-electron chi connectivity index (χ0n) is 23.2. The minimum absolute atomic E-state index is 0.686. The van der Waals surface area contributed by atoms with Gasteiger partial charge in [0.2, 0.25) is 0 Å². The summed E-state index contributed by atoms with van der Waals surface area (Å²) in [5.41, 5.74) is 0. The maximum atomic E-state index is 4.50. The maximum absolute atomic E-state index is 4.50. The van der Waals surface area contributed by atoms with Crippen LogP contribution in [0, 0.1) is 18.8 Å². The molecule has 0 spiro atoms. The van der Waals surface area contributed by atoms with E-state index >= 15 is 0 Å². The molecule has 0 aliphatic rings. The summed E-state index contributed by atoms with van der Waals surface area (Å²) in [7, 11) is 0. The van der Waals surface area contributed by atoms with Crippen LogP contribution in [-0.2, 0) is 0 Å². The van der Waals surface area contributed by atoms with Crippen LogP contribution in [0.3, 0.4) is 0 Å². The quantitative estimate of drug-likeness (QED) is 0.109. The van der Waals surface area contributed by atoms with E-state index in [1.165, 1.54) is 167 Å². The van der Waals surface area contributed by atoms with Crippen molar-refractivity contribution < 1.29 is 0 Å². The monoisotopic (exact) mass is 450 g/mol. The molecular weight excluding hydrogens is 384 g/mol. The van der Waals surface area contributed by atoms with Gasteiger partial charge in [-0.25, -0.2) is 0 Å². The van der Waals surface area contributed by atoms with Crippen LogP contribution in [0.1, 0.15) is 188 Å². The lowest BCUT2D eigenvalue weighted by atomic mass is 9.86. The molecule has 0 heteroatoms. The van der Waals surface area contributed by atoms with Crippen molar-refractivity contribution in [3.8, 4) is 0 Å². The largest absolute Gasteiger partial charge is 0.0654 e. The normalized spacial score (nSPS) is 13.5. The fourth-order valence-electron chi connectivity index (χ4n) is 5.08. The van der Waals surface area contributed by atoms with Gasteiger partial charge in [-0.05, 0) is 18.8 Å². The summed E-state index contributed by atoms with van der Waals surface area (Å²) < 4.78 is 0. The highest BCUT2D eigenvalue weighted by molar-refractivity contribution is 4.69. The highest BCUT2D eigenvalue weighted by Crippen LogP contribution is 2.24. The third-order valence-electron chi connectivity index (χ3n) is 7.75. The van der Waals surface area contributed by atoms with E-state index in [1.54, 1.807) is 0 Å². The van der Waals surface area contributed by atoms with Crippen molar-refractivity contribution in [1.29, 1.82) is 0 Å². The lowest BCUT2D eigenvalue weighted by molar-refractivity contribution is 0.350. The Morgan fingerprint density at radius 3 is 0.938 bits per heavy atom. The van der Waals surface area contributed by atoms with Crippen molar-refractivity contribution in [2.75, 3.05) is 0 Å². The average molecular weight is 450 g/mol. The molecule has 0 saturated carbocycles. The van der Waals surface area contributed by atoms with Crippen LogP contribution in [0.4, 0.5) is 0 Å². The molecule has 0 N–H and O–H groups in total. The second-order valence-electron chi connectivity index (χ2n) is 11.1. The zero-order chi connectivity index (χ0) is 23.5. The van der Waals surface area contributed by atoms with Crippen molar-refractivity contribution in [3.63, 3.8) is 0 Å². The molecule has 0 aromatic carbocycles. The van der Waals surface area contributed by atoms with E-state index in [1.807, 2.05) is 0 Å². The van der Waals surface area contributed by atoms with Gasteiger partial charge in [-0.1, -0.05) is 188 Å². The number of rotatable bonds is 27. The Kier molecular flexibility index (Phi) is 27.2. The Morgan fingerprint density at radius 2 is 0.625 bits per heavy atom. The molecule has 32 heavy (non-hydrogen) atoms. The van der Waals surface area contributed by atoms with Gasteiger partial charge < -0.3 is 0 Å². The minimum Gasteiger partial charge on any atom is -0.0654 e. The van der Waals surface area contributed by atoms with Gasteiger partial charge in [0.25, 0.3) is 0 Å². The van der Waals surface area contributed by atoms with Gasteiger partial charge in [-0.3, -0.25) is 0 Å². The van der Waals surface area contributed by atoms with E-state index in [9.17, 15) is 0 Å². The highest BCUT2D eigenvalue weighted by Gasteiger charge is 2.11. The van der Waals surface area contributed by atoms with Gasteiger partial charge in [-0.15, -0.1) is 0 Å². The standard InChI is InChI=1S/C32H65/c1-5-7-9-11-13-15-17-18-19-20-22-24-26-28-30-32(4)31(3)29-27-25-23-21-16-14-12-10-8-6-2/h31-32H,4-30H2,1-3H3. The topological polar surface area (TPSA) is 0 Å². The Morgan fingerprint density at radius 1 is 0.375 bits per heavy atom. The van der Waals surface area contributed by atoms with E-state index in [-0.39, 0.29) is 0 Å². The molecule has 0 aliphatic carbocycles. The van der Waals surface area contributed by atoms with Crippen molar-refractivity contribution in [2.24, 2.45) is 11.8 Å². The van der Waals surface area contributed by atoms with Gasteiger partial charge in [-0.2, -0.15) is 0 Å². The third-order valence-corrected chi connectivity index (χ3v) is 7.75. The molecule has 0 amide bonds. The molecule has 0 aromatic rings. The molecular formula is C32H65. The van der Waals surface area contributed by atoms with E-state index in [4.69, 9.17) is 0 Å². The lowest BCUT2D eigenvalue weighted by Gasteiger charge is -2.19. The van der Waals surface area contributed by atoms with Gasteiger partial charge in [0, 0.05) is 0 Å². The third kappa shape index (κ3) is 24.6. The Labute approximate surface area is 206 Å². The van der Waals surface area contributed by atoms with Crippen LogP contribution in [0.5, 0.6) is 0 Å². The second-order valence-corrected chi connectivity index (χ2v) is 11.1. The van der Waals surface area contributed by atoms with Crippen LogP contribution in [-0.4, -0.2) is 0 Å². The summed E-state index contributed by atoms with van der Waals surface area (Å²) in [6.45, 7) is 11.6. The highest BCUT2D eigenvalue weighted by atomic mass is 14.2. The molecule has 0 rings (SSSR count). The SMILES string of the molecule is [CH2]C(CCCCCCCCCCCCCCCC)C(C)CCCCCCCCCCCC. The molecule has 0 aromatic heterocycles. The van der Waals surface area contributed by atoms with Crippen molar-refractivity contribution in [1.82, 2.24) is 0 Å². The Hall–Kier alpha value is 0. The molecule has 0 nitrogen and oxygen atoms in total. The predicted octanol–water partition coefficient (Wildman–Crippen LogP) is 12.3. The van der Waals surface area contributed by atoms with Crippen LogP contribution in [0.2, 0.25) is 0 Å². The molecule has 0 saturated heterocycles. The summed E-state index contributed by atoms with van der Waals surface area (Å²) in [6, 6.07) is 0. The fourth-order valence-corrected chi connectivity index (χ4v) is 5.08. The van der Waals surface area contributed by atoms with Crippen LogP contribution in [0.25, 0.3) is 0 Å².